The number of anilines is 19. The molecule has 0 aliphatic heterocycles. The van der Waals surface area contributed by atoms with Crippen LogP contribution in [0.5, 0.6) is 17.2 Å². The van der Waals surface area contributed by atoms with E-state index in [0.29, 0.717) is 147 Å². The second-order valence-electron chi connectivity index (χ2n) is 29.7. The minimum atomic E-state index is -0.434. The fraction of sp³-hybridized carbons (Fsp3) is 0.147. The number of urea groups is 5. The average molecular weight is 1920 g/mol. The first-order chi connectivity index (χ1) is 68.9. The van der Waals surface area contributed by atoms with Gasteiger partial charge in [0.2, 0.25) is 5.95 Å². The number of rotatable bonds is 32. The first-order valence-electron chi connectivity index (χ1n) is 44.4. The highest BCUT2D eigenvalue weighted by Crippen LogP contribution is 2.33. The molecule has 0 atom stereocenters. The lowest BCUT2D eigenvalue weighted by molar-refractivity contribution is 0.0827. The van der Waals surface area contributed by atoms with Gasteiger partial charge in [-0.3, -0.25) is 55.5 Å². The number of carbonyl (C=O) groups is 10. The number of para-hydroxylation sites is 7. The molecule has 6 aromatic heterocycles. The van der Waals surface area contributed by atoms with E-state index in [9.17, 15) is 47.9 Å². The van der Waals surface area contributed by atoms with Crippen molar-refractivity contribution < 1.29 is 62.2 Å². The third kappa shape index (κ3) is 33.9. The molecule has 0 aliphatic rings. The Morgan fingerprint density at radius 1 is 0.275 bits per heavy atom. The van der Waals surface area contributed by atoms with Crippen molar-refractivity contribution in [2.24, 2.45) is 0 Å². The van der Waals surface area contributed by atoms with Crippen LogP contribution in [0.3, 0.4) is 0 Å². The molecule has 14 rings (SSSR count). The molecule has 142 heavy (non-hydrogen) atoms. The van der Waals surface area contributed by atoms with Crippen LogP contribution in [0.15, 0.2) is 304 Å². The molecule has 15 amide bonds. The first kappa shape index (κ1) is 105. The van der Waals surface area contributed by atoms with E-state index in [-0.39, 0.29) is 71.0 Å². The molecule has 0 bridgehead atoms. The van der Waals surface area contributed by atoms with Crippen molar-refractivity contribution in [3.05, 3.63) is 332 Å². The second kappa shape index (κ2) is 55.5. The summed E-state index contributed by atoms with van der Waals surface area (Å²) >= 11 is 0. The Kier molecular flexibility index (Phi) is 41.0. The number of methoxy groups -OCH3 is 3. The van der Waals surface area contributed by atoms with Gasteiger partial charge in [0.05, 0.1) is 83.9 Å². The summed E-state index contributed by atoms with van der Waals surface area (Å²) in [6, 6.07) is 76.1. The SMILES string of the molecule is CCNC(=O)Nc1cc(Nc2ccccc2)c(C(=O)N(C)C)cn1.CCNC(=O)Nc1cc(Nc2ccccc2)c(C(=O)Nc2ccc(OC)cc2)cn1.CCNC(=O)Nc1cc(Nc2ccccc2)c(C(=O)Nc2cccc(OC)c2)cn1.CCNC(=O)Nc1cc(Nc2ccccc2)c(C(=O)Nc2ccccc2OC)cn1.CCNC(=O)Nc1ncc(C(=O)Nc2ccccc2)c(Nc2cccnc2)n1. The number of hydrogen-bond acceptors (Lipinski definition) is 25. The summed E-state index contributed by atoms with van der Waals surface area (Å²) in [5.41, 5.74) is 9.93. The molecule has 0 unspecified atom stereocenters. The molecule has 0 radical (unpaired) electrons. The fourth-order valence-electron chi connectivity index (χ4n) is 12.5. The van der Waals surface area contributed by atoms with Crippen LogP contribution in [0.2, 0.25) is 0 Å². The molecule has 14 aromatic rings. The molecule has 0 saturated heterocycles. The molecule has 0 saturated carbocycles. The van der Waals surface area contributed by atoms with E-state index in [2.05, 4.69) is 136 Å². The van der Waals surface area contributed by atoms with Crippen molar-refractivity contribution in [3.63, 3.8) is 0 Å². The topological polar surface area (TPSA) is 520 Å². The minimum absolute atomic E-state index is 0.0635. The van der Waals surface area contributed by atoms with Gasteiger partial charge in [-0.25, -0.2) is 48.9 Å². The second-order valence-corrected chi connectivity index (χ2v) is 29.7. The number of carbonyl (C=O) groups excluding carboxylic acids is 10. The van der Waals surface area contributed by atoms with Gasteiger partial charge in [-0.2, -0.15) is 4.98 Å². The van der Waals surface area contributed by atoms with Crippen LogP contribution in [0, 0.1) is 0 Å². The van der Waals surface area contributed by atoms with Gasteiger partial charge >= 0.3 is 30.2 Å². The molecule has 40 heteroatoms. The van der Waals surface area contributed by atoms with E-state index in [0.717, 1.165) is 22.7 Å². The minimum Gasteiger partial charge on any atom is -0.497 e. The van der Waals surface area contributed by atoms with Gasteiger partial charge in [0, 0.05) is 154 Å². The summed E-state index contributed by atoms with van der Waals surface area (Å²) < 4.78 is 15.6. The molecule has 8 aromatic carbocycles. The maximum absolute atomic E-state index is 13.0. The summed E-state index contributed by atoms with van der Waals surface area (Å²) in [7, 11) is 8.03. The fourth-order valence-corrected chi connectivity index (χ4v) is 12.5. The van der Waals surface area contributed by atoms with E-state index < -0.39 is 6.03 Å². The highest BCUT2D eigenvalue weighted by Gasteiger charge is 2.23. The van der Waals surface area contributed by atoms with Crippen molar-refractivity contribution in [1.29, 1.82) is 0 Å². The lowest BCUT2D eigenvalue weighted by Gasteiger charge is -2.16. The predicted molar refractivity (Wildman–Crippen MR) is 554 cm³/mol. The summed E-state index contributed by atoms with van der Waals surface area (Å²) in [5, 5.41) is 53.4. The van der Waals surface area contributed by atoms with Crippen molar-refractivity contribution in [2.75, 3.05) is 143 Å². The molecule has 730 valence electrons. The zero-order valence-electron chi connectivity index (χ0n) is 79.3. The number of benzene rings is 8. The number of aromatic nitrogens is 7. The van der Waals surface area contributed by atoms with E-state index in [1.54, 1.807) is 163 Å². The Bertz CT molecular complexity index is 6530. The van der Waals surface area contributed by atoms with Crippen LogP contribution < -0.4 is 115 Å². The van der Waals surface area contributed by atoms with Crippen molar-refractivity contribution >= 4 is 169 Å². The number of pyridine rings is 5. The molecule has 40 nitrogen and oxygen atoms in total. The number of hydrogen-bond donors (Lipinski definition) is 19. The molecular formula is C102H109N27O13. The lowest BCUT2D eigenvalue weighted by atomic mass is 10.2. The molecule has 6 heterocycles. The third-order valence-electron chi connectivity index (χ3n) is 19.1. The lowest BCUT2D eigenvalue weighted by Crippen LogP contribution is -2.29. The highest BCUT2D eigenvalue weighted by molar-refractivity contribution is 6.12. The third-order valence-corrected chi connectivity index (χ3v) is 19.1. The van der Waals surface area contributed by atoms with Gasteiger partial charge in [-0.1, -0.05) is 109 Å². The van der Waals surface area contributed by atoms with Crippen LogP contribution in [0.25, 0.3) is 0 Å². The molecule has 0 fully saturated rings. The van der Waals surface area contributed by atoms with Gasteiger partial charge in [-0.05, 0) is 156 Å². The zero-order valence-corrected chi connectivity index (χ0v) is 79.3. The quantitative estimate of drug-likeness (QED) is 0.0186. The largest absolute Gasteiger partial charge is 0.497 e. The normalized spacial score (nSPS) is 10.0. The van der Waals surface area contributed by atoms with Gasteiger partial charge in [0.1, 0.15) is 51.9 Å². The number of nitrogens with one attached hydrogen (secondary N) is 19. The van der Waals surface area contributed by atoms with Crippen molar-refractivity contribution in [1.82, 2.24) is 66.4 Å². The van der Waals surface area contributed by atoms with Crippen LogP contribution >= 0.6 is 0 Å². The number of amides is 15. The van der Waals surface area contributed by atoms with E-state index in [1.807, 2.05) is 173 Å². The molecule has 0 spiro atoms. The van der Waals surface area contributed by atoms with Crippen LogP contribution in [0.1, 0.15) is 86.4 Å². The summed E-state index contributed by atoms with van der Waals surface area (Å²) in [6.45, 7) is 11.5. The molecule has 0 aliphatic carbocycles. The Labute approximate surface area is 819 Å². The van der Waals surface area contributed by atoms with Gasteiger partial charge < -0.3 is 93.5 Å². The standard InChI is InChI=1S/3C22H23N5O3.C19H19N7O2.C17H21N5O2/c1-3-23-22(29)27-20-13-18(25-15-9-5-4-6-10-15)16(14-24-20)21(28)26-17-11-7-8-12-19(17)30-2;1-3-23-22(29)27-20-13-19(25-15-8-5-4-6-9-15)18(14-24-20)21(28)26-16-10-7-11-17(12-16)30-2;1-3-23-22(29)27-20-13-19(25-15-7-5-4-6-8-15)18(14-24-20)21(28)26-16-9-11-17(30-2)12-10-16;1-2-21-19(28)26-18-22-12-15(17(27)24-13-7-4-3-5-8-13)16(25-18)23-14-9-6-10-20-11-14;1-4-18-17(24)21-15-10-14(20-12-8-6-5-7-9-12)13(11-19-15)16(23)22(2)3/h3*4-14H,3H2,1-2H3,(H,26,28)(H3,23,24,25,27,29);3-12H,2H2,1H3,(H,24,27)(H3,21,22,23,25,26,28);5-11H,4H2,1-3H3,(H3,18,19,20,21,24). The van der Waals surface area contributed by atoms with E-state index >= 15 is 0 Å². The Morgan fingerprint density at radius 2 is 0.613 bits per heavy atom. The first-order valence-corrected chi connectivity index (χ1v) is 44.4. The predicted octanol–water partition coefficient (Wildman–Crippen LogP) is 18.4. The Hall–Kier alpha value is -19.3. The van der Waals surface area contributed by atoms with Crippen molar-refractivity contribution in [3.8, 4) is 17.2 Å². The Morgan fingerprint density at radius 3 is 1.00 bits per heavy atom. The number of ether oxygens (including phenoxy) is 3. The zero-order chi connectivity index (χ0) is 101. The molecular weight excluding hydrogens is 1810 g/mol. The van der Waals surface area contributed by atoms with E-state index in [1.165, 1.54) is 43.0 Å². The van der Waals surface area contributed by atoms with Crippen LogP contribution in [-0.2, 0) is 0 Å². The molecule has 19 N–H and O–H groups in total. The summed E-state index contributed by atoms with van der Waals surface area (Å²) in [5.74, 6) is 1.87. The summed E-state index contributed by atoms with van der Waals surface area (Å²) in [6.07, 6.45) is 10.3. The average Bonchev–Trinajstić information content (AvgIpc) is 0.851. The van der Waals surface area contributed by atoms with Gasteiger partial charge in [0.15, 0.2) is 0 Å². The number of nitrogens with zero attached hydrogens (tertiary/aromatic N) is 8. The smallest absolute Gasteiger partial charge is 0.321 e. The van der Waals surface area contributed by atoms with Crippen molar-refractivity contribution in [2.45, 2.75) is 34.6 Å². The highest BCUT2D eigenvalue weighted by atomic mass is 16.5. The maximum Gasteiger partial charge on any atom is 0.321 e. The summed E-state index contributed by atoms with van der Waals surface area (Å²) in [4.78, 5) is 153. The monoisotopic (exact) mass is 1920 g/mol. The van der Waals surface area contributed by atoms with E-state index in [4.69, 9.17) is 14.2 Å². The maximum atomic E-state index is 13.0. The Balaban J connectivity index is 0.000000183. The van der Waals surface area contributed by atoms with Gasteiger partial charge in [-0.15, -0.1) is 0 Å². The van der Waals surface area contributed by atoms with Gasteiger partial charge in [0.25, 0.3) is 29.5 Å². The van der Waals surface area contributed by atoms with Crippen LogP contribution in [-0.4, -0.2) is 168 Å². The van der Waals surface area contributed by atoms with Crippen LogP contribution in [0.4, 0.5) is 133 Å².